The van der Waals surface area contributed by atoms with Gasteiger partial charge in [0.25, 0.3) is 5.91 Å². The molecule has 31 heavy (non-hydrogen) atoms. The summed E-state index contributed by atoms with van der Waals surface area (Å²) < 4.78 is 0. The predicted octanol–water partition coefficient (Wildman–Crippen LogP) is 4.04. The molecule has 162 valence electrons. The molecule has 0 spiro atoms. The number of rotatable bonds is 7. The zero-order valence-electron chi connectivity index (χ0n) is 18.5. The van der Waals surface area contributed by atoms with Crippen LogP contribution in [0.15, 0.2) is 52.1 Å². The van der Waals surface area contributed by atoms with Crippen LogP contribution in [0.5, 0.6) is 5.75 Å². The van der Waals surface area contributed by atoms with E-state index in [1.54, 1.807) is 33.2 Å². The van der Waals surface area contributed by atoms with Crippen LogP contribution in [0.3, 0.4) is 0 Å². The van der Waals surface area contributed by atoms with Crippen molar-refractivity contribution in [1.82, 2.24) is 4.90 Å². The van der Waals surface area contributed by atoms with E-state index in [0.717, 1.165) is 17.5 Å². The fraction of sp³-hybridized carbons (Fsp3) is 0.320. The summed E-state index contributed by atoms with van der Waals surface area (Å²) in [6, 6.07) is 13.2. The number of nitrogens with zero attached hydrogens (tertiary/aromatic N) is 1. The van der Waals surface area contributed by atoms with Gasteiger partial charge in [-0.15, -0.1) is 0 Å². The number of anilines is 2. The molecule has 6 nitrogen and oxygen atoms in total. The van der Waals surface area contributed by atoms with Gasteiger partial charge in [-0.1, -0.05) is 44.2 Å². The third-order valence-corrected chi connectivity index (χ3v) is 5.82. The van der Waals surface area contributed by atoms with E-state index < -0.39 is 10.9 Å². The minimum atomic E-state index is -0.605. The maximum absolute atomic E-state index is 12.5. The minimum Gasteiger partial charge on any atom is -0.505 e. The van der Waals surface area contributed by atoms with Gasteiger partial charge in [0.2, 0.25) is 10.9 Å². The van der Waals surface area contributed by atoms with E-state index in [9.17, 15) is 19.5 Å². The Labute approximate surface area is 181 Å². The summed E-state index contributed by atoms with van der Waals surface area (Å²) in [5, 5.41) is 13.6. The molecule has 0 aliphatic carbocycles. The Bertz CT molecular complexity index is 1170. The van der Waals surface area contributed by atoms with Crippen molar-refractivity contribution in [3.8, 4) is 5.75 Å². The van der Waals surface area contributed by atoms with E-state index in [2.05, 4.69) is 12.2 Å². The van der Waals surface area contributed by atoms with Crippen LogP contribution in [0.4, 0.5) is 11.4 Å². The number of carbonyl (C=O) groups is 1. The highest BCUT2D eigenvalue weighted by atomic mass is 16.3. The third-order valence-electron chi connectivity index (χ3n) is 5.82. The van der Waals surface area contributed by atoms with Crippen LogP contribution in [0, 0.1) is 6.92 Å². The lowest BCUT2D eigenvalue weighted by Crippen LogP contribution is -2.39. The highest BCUT2D eigenvalue weighted by Crippen LogP contribution is 2.39. The molecule has 3 aromatic carbocycles. The van der Waals surface area contributed by atoms with Crippen molar-refractivity contribution in [3.63, 3.8) is 0 Å². The van der Waals surface area contributed by atoms with Gasteiger partial charge in [-0.25, -0.2) is 0 Å². The molecule has 0 saturated carbocycles. The summed E-state index contributed by atoms with van der Waals surface area (Å²) in [6.45, 7) is 5.79. The average Bonchev–Trinajstić information content (AvgIpc) is 2.75. The van der Waals surface area contributed by atoms with Gasteiger partial charge in [-0.05, 0) is 48.4 Å². The van der Waals surface area contributed by atoms with Crippen molar-refractivity contribution in [2.45, 2.75) is 39.0 Å². The maximum atomic E-state index is 12.5. The molecule has 1 unspecified atom stereocenters. The van der Waals surface area contributed by atoms with E-state index in [4.69, 9.17) is 0 Å². The number of benzene rings is 2. The zero-order valence-corrected chi connectivity index (χ0v) is 18.5. The Morgan fingerprint density at radius 1 is 1.10 bits per heavy atom. The SMILES string of the molecule is CC[C@H](c1ccccc1)C(C)c1c(Nc2cc(C)cc(C(=O)N(C)C)c2O)c(=O)c1=O. The van der Waals surface area contributed by atoms with Crippen LogP contribution in [-0.4, -0.2) is 30.0 Å². The van der Waals surface area contributed by atoms with Crippen molar-refractivity contribution < 1.29 is 9.90 Å². The number of aryl methyl sites for hydroxylation is 1. The van der Waals surface area contributed by atoms with Crippen molar-refractivity contribution in [1.29, 1.82) is 0 Å². The van der Waals surface area contributed by atoms with Crippen molar-refractivity contribution in [2.75, 3.05) is 19.4 Å². The predicted molar refractivity (Wildman–Crippen MR) is 123 cm³/mol. The Balaban J connectivity index is 2.01. The summed E-state index contributed by atoms with van der Waals surface area (Å²) >= 11 is 0. The van der Waals surface area contributed by atoms with Crippen LogP contribution >= 0.6 is 0 Å². The van der Waals surface area contributed by atoms with E-state index >= 15 is 0 Å². The number of hydrogen-bond acceptors (Lipinski definition) is 5. The second-order valence-electron chi connectivity index (χ2n) is 8.19. The van der Waals surface area contributed by atoms with Crippen molar-refractivity contribution >= 4 is 17.3 Å². The summed E-state index contributed by atoms with van der Waals surface area (Å²) in [7, 11) is 3.20. The fourth-order valence-electron chi connectivity index (χ4n) is 4.16. The summed E-state index contributed by atoms with van der Waals surface area (Å²) in [5.41, 5.74) is 1.74. The Hall–Kier alpha value is -3.41. The molecule has 2 atom stereocenters. The quantitative estimate of drug-likeness (QED) is 0.445. The van der Waals surface area contributed by atoms with Crippen molar-refractivity contribution in [2.24, 2.45) is 0 Å². The molecule has 0 fully saturated rings. The molecule has 0 saturated heterocycles. The van der Waals surface area contributed by atoms with Gasteiger partial charge in [0.15, 0.2) is 5.75 Å². The third kappa shape index (κ3) is 4.10. The Morgan fingerprint density at radius 2 is 1.74 bits per heavy atom. The van der Waals surface area contributed by atoms with Crippen molar-refractivity contribution in [3.05, 3.63) is 85.2 Å². The first kappa shape index (κ1) is 22.3. The topological polar surface area (TPSA) is 86.7 Å². The normalized spacial score (nSPS) is 13.1. The number of aromatic hydroxyl groups is 1. The number of phenols is 1. The van der Waals surface area contributed by atoms with Gasteiger partial charge in [0.1, 0.15) is 0 Å². The van der Waals surface area contributed by atoms with Gasteiger partial charge in [0.05, 0.1) is 16.9 Å². The first-order valence-corrected chi connectivity index (χ1v) is 10.4. The van der Waals surface area contributed by atoms with E-state index in [1.807, 2.05) is 37.3 Å². The standard InChI is InChI=1S/C25H28N2O4/c1-6-17(16-10-8-7-9-11-16)15(3)20-21(24(30)23(20)29)26-19-13-14(2)12-18(22(19)28)25(31)27(4)5/h7-13,15,17,26,28H,6H2,1-5H3/t15?,17-/m0/s1. The first-order chi connectivity index (χ1) is 14.7. The molecule has 0 aromatic heterocycles. The number of amides is 1. The summed E-state index contributed by atoms with van der Waals surface area (Å²) in [5.74, 6) is -0.707. The molecule has 3 aromatic rings. The monoisotopic (exact) mass is 420 g/mol. The maximum Gasteiger partial charge on any atom is 0.257 e. The molecule has 1 amide bonds. The molecule has 3 rings (SSSR count). The average molecular weight is 421 g/mol. The van der Waals surface area contributed by atoms with Gasteiger partial charge in [-0.3, -0.25) is 14.4 Å². The van der Waals surface area contributed by atoms with E-state index in [1.165, 1.54) is 4.90 Å². The highest BCUT2D eigenvalue weighted by Gasteiger charge is 2.31. The van der Waals surface area contributed by atoms with Crippen LogP contribution in [0.25, 0.3) is 0 Å². The summed E-state index contributed by atoms with van der Waals surface area (Å²) in [6.07, 6.45) is 0.806. The second kappa shape index (κ2) is 8.76. The lowest BCUT2D eigenvalue weighted by Gasteiger charge is -2.26. The van der Waals surface area contributed by atoms with Gasteiger partial charge >= 0.3 is 0 Å². The molecular weight excluding hydrogens is 392 g/mol. The molecule has 0 heterocycles. The largest absolute Gasteiger partial charge is 0.505 e. The van der Waals surface area contributed by atoms with E-state index in [0.29, 0.717) is 5.56 Å². The van der Waals surface area contributed by atoms with Gasteiger partial charge in [-0.2, -0.15) is 0 Å². The fourth-order valence-corrected chi connectivity index (χ4v) is 4.16. The van der Waals surface area contributed by atoms with Gasteiger partial charge in [0, 0.05) is 19.7 Å². The minimum absolute atomic E-state index is 0.0713. The number of carbonyl (C=O) groups excluding carboxylic acids is 1. The molecule has 0 bridgehead atoms. The molecular formula is C25H28N2O4. The van der Waals surface area contributed by atoms with Crippen LogP contribution < -0.4 is 16.2 Å². The molecule has 0 radical (unpaired) electrons. The number of hydrogen-bond donors (Lipinski definition) is 2. The van der Waals surface area contributed by atoms with E-state index in [-0.39, 0.29) is 40.4 Å². The Morgan fingerprint density at radius 3 is 2.32 bits per heavy atom. The lowest BCUT2D eigenvalue weighted by atomic mass is 9.78. The number of nitrogens with one attached hydrogen (secondary N) is 1. The zero-order chi connectivity index (χ0) is 22.9. The lowest BCUT2D eigenvalue weighted by molar-refractivity contribution is 0.0824. The first-order valence-electron chi connectivity index (χ1n) is 10.4. The van der Waals surface area contributed by atoms with Gasteiger partial charge < -0.3 is 15.3 Å². The molecule has 0 aliphatic rings. The summed E-state index contributed by atoms with van der Waals surface area (Å²) in [4.78, 5) is 38.7. The van der Waals surface area contributed by atoms with Crippen LogP contribution in [0.2, 0.25) is 0 Å². The molecule has 0 aliphatic heterocycles. The Kier molecular flexibility index (Phi) is 6.29. The number of phenolic OH excluding ortho intramolecular Hbond substituents is 1. The van der Waals surface area contributed by atoms with Crippen LogP contribution in [-0.2, 0) is 0 Å². The molecule has 6 heteroatoms. The smallest absolute Gasteiger partial charge is 0.257 e. The highest BCUT2D eigenvalue weighted by molar-refractivity contribution is 5.99. The second-order valence-corrected chi connectivity index (χ2v) is 8.19. The van der Waals surface area contributed by atoms with Crippen LogP contribution in [0.1, 0.15) is 59.2 Å². The molecule has 2 N–H and O–H groups in total.